The van der Waals surface area contributed by atoms with Crippen LogP contribution in [0.4, 0.5) is 10.5 Å². The molecule has 0 aliphatic heterocycles. The van der Waals surface area contributed by atoms with Crippen LogP contribution in [0.1, 0.15) is 11.1 Å². The minimum absolute atomic E-state index is 0.227. The lowest BCUT2D eigenvalue weighted by molar-refractivity contribution is 0.251. The van der Waals surface area contributed by atoms with E-state index in [1.165, 1.54) is 5.56 Å². The minimum Gasteiger partial charge on any atom is -0.334 e. The molecule has 0 fully saturated rings. The highest BCUT2D eigenvalue weighted by Crippen LogP contribution is 2.16. The lowest BCUT2D eigenvalue weighted by atomic mass is 10.1. The van der Waals surface area contributed by atoms with Gasteiger partial charge in [-0.15, -0.1) is 0 Å². The normalized spacial score (nSPS) is 10.5. The largest absolute Gasteiger partial charge is 0.334 e. The Hall–Kier alpha value is -2.82. The molecule has 3 N–H and O–H groups in total. The maximum absolute atomic E-state index is 11.9. The van der Waals surface area contributed by atoms with Crippen LogP contribution >= 0.6 is 0 Å². The van der Waals surface area contributed by atoms with E-state index in [1.807, 2.05) is 49.4 Å². The Kier molecular flexibility index (Phi) is 3.55. The molecule has 1 aromatic heterocycles. The van der Waals surface area contributed by atoms with Gasteiger partial charge in [0, 0.05) is 17.6 Å². The van der Waals surface area contributed by atoms with Crippen LogP contribution in [0.15, 0.2) is 48.7 Å². The summed E-state index contributed by atoms with van der Waals surface area (Å²) in [7, 11) is 0. The number of fused-ring (bicyclic) bond motifs is 1. The second-order valence-electron chi connectivity index (χ2n) is 4.97. The molecule has 0 aliphatic carbocycles. The van der Waals surface area contributed by atoms with Gasteiger partial charge in [-0.1, -0.05) is 29.8 Å². The maximum atomic E-state index is 11.9. The van der Waals surface area contributed by atoms with Gasteiger partial charge in [-0.25, -0.2) is 4.79 Å². The number of nitrogens with zero attached hydrogens (tertiary/aromatic N) is 1. The van der Waals surface area contributed by atoms with Crippen LogP contribution < -0.4 is 10.6 Å². The predicted octanol–water partition coefficient (Wildman–Crippen LogP) is 3.19. The molecule has 2 amide bonds. The fourth-order valence-electron chi connectivity index (χ4n) is 2.08. The number of carbonyl (C=O) groups is 1. The SMILES string of the molecule is Cc1ccc(CNC(=O)Nc2ccc3cn[nH]c3c2)cc1. The van der Waals surface area contributed by atoms with Crippen LogP contribution in [-0.4, -0.2) is 16.2 Å². The summed E-state index contributed by atoms with van der Waals surface area (Å²) in [4.78, 5) is 11.9. The molecule has 0 saturated carbocycles. The number of urea groups is 1. The Morgan fingerprint density at radius 2 is 2.00 bits per heavy atom. The van der Waals surface area contributed by atoms with Gasteiger partial charge in [0.25, 0.3) is 0 Å². The molecule has 0 unspecified atom stereocenters. The number of benzene rings is 2. The van der Waals surface area contributed by atoms with Crippen LogP contribution in [0.5, 0.6) is 0 Å². The Bertz CT molecular complexity index is 761. The number of carbonyl (C=O) groups excluding carboxylic acids is 1. The molecular weight excluding hydrogens is 264 g/mol. The van der Waals surface area contributed by atoms with E-state index in [0.717, 1.165) is 22.2 Å². The summed E-state index contributed by atoms with van der Waals surface area (Å²) in [5.74, 6) is 0. The lowest BCUT2D eigenvalue weighted by Crippen LogP contribution is -2.28. The summed E-state index contributed by atoms with van der Waals surface area (Å²) in [6.07, 6.45) is 1.75. The third-order valence-electron chi connectivity index (χ3n) is 3.27. The van der Waals surface area contributed by atoms with Gasteiger partial charge < -0.3 is 10.6 Å². The van der Waals surface area contributed by atoms with E-state index in [9.17, 15) is 4.79 Å². The number of anilines is 1. The number of hydrogen-bond acceptors (Lipinski definition) is 2. The second-order valence-corrected chi connectivity index (χ2v) is 4.97. The number of H-pyrrole nitrogens is 1. The first-order valence-corrected chi connectivity index (χ1v) is 6.74. The van der Waals surface area contributed by atoms with Crippen molar-refractivity contribution in [3.8, 4) is 0 Å². The fourth-order valence-corrected chi connectivity index (χ4v) is 2.08. The summed E-state index contributed by atoms with van der Waals surface area (Å²) < 4.78 is 0. The van der Waals surface area contributed by atoms with Crippen LogP contribution in [0, 0.1) is 6.92 Å². The highest BCUT2D eigenvalue weighted by Gasteiger charge is 2.03. The quantitative estimate of drug-likeness (QED) is 0.689. The number of aromatic amines is 1. The number of hydrogen-bond donors (Lipinski definition) is 3. The van der Waals surface area contributed by atoms with E-state index in [4.69, 9.17) is 0 Å². The van der Waals surface area contributed by atoms with E-state index < -0.39 is 0 Å². The monoisotopic (exact) mass is 280 g/mol. The van der Waals surface area contributed by atoms with Crippen molar-refractivity contribution >= 4 is 22.6 Å². The summed E-state index contributed by atoms with van der Waals surface area (Å²) in [6.45, 7) is 2.54. The highest BCUT2D eigenvalue weighted by atomic mass is 16.2. The zero-order valence-electron chi connectivity index (χ0n) is 11.7. The van der Waals surface area contributed by atoms with Gasteiger partial charge in [0.2, 0.25) is 0 Å². The van der Waals surface area contributed by atoms with E-state index in [1.54, 1.807) is 6.20 Å². The molecule has 0 radical (unpaired) electrons. The molecule has 3 aromatic rings. The molecule has 1 heterocycles. The van der Waals surface area contributed by atoms with Crippen LogP contribution in [0.2, 0.25) is 0 Å². The Morgan fingerprint density at radius 1 is 1.19 bits per heavy atom. The minimum atomic E-state index is -0.227. The van der Waals surface area contributed by atoms with Crippen molar-refractivity contribution in [1.82, 2.24) is 15.5 Å². The first-order valence-electron chi connectivity index (χ1n) is 6.74. The Labute approximate surface area is 122 Å². The van der Waals surface area contributed by atoms with E-state index >= 15 is 0 Å². The standard InChI is InChI=1S/C16H16N4O/c1-11-2-4-12(5-3-11)9-17-16(21)19-14-7-6-13-10-18-20-15(13)8-14/h2-8,10H,9H2,1H3,(H,18,20)(H2,17,19,21). The van der Waals surface area contributed by atoms with Crippen LogP contribution in [0.3, 0.4) is 0 Å². The van der Waals surface area contributed by atoms with Gasteiger partial charge in [-0.3, -0.25) is 5.10 Å². The number of aromatic nitrogens is 2. The van der Waals surface area contributed by atoms with Crippen molar-refractivity contribution in [1.29, 1.82) is 0 Å². The third-order valence-corrected chi connectivity index (χ3v) is 3.27. The summed E-state index contributed by atoms with van der Waals surface area (Å²) in [5.41, 5.74) is 3.90. The highest BCUT2D eigenvalue weighted by molar-refractivity contribution is 5.92. The van der Waals surface area contributed by atoms with E-state index in [2.05, 4.69) is 20.8 Å². The summed E-state index contributed by atoms with van der Waals surface area (Å²) in [5, 5.41) is 13.5. The molecule has 0 bridgehead atoms. The van der Waals surface area contributed by atoms with Crippen molar-refractivity contribution in [2.75, 3.05) is 5.32 Å². The number of amides is 2. The van der Waals surface area contributed by atoms with E-state index in [0.29, 0.717) is 6.54 Å². The third kappa shape index (κ3) is 3.20. The van der Waals surface area contributed by atoms with Gasteiger partial charge in [-0.05, 0) is 30.7 Å². The van der Waals surface area contributed by atoms with Gasteiger partial charge in [0.05, 0.1) is 11.7 Å². The van der Waals surface area contributed by atoms with Crippen LogP contribution in [0.25, 0.3) is 10.9 Å². The number of rotatable bonds is 3. The molecule has 106 valence electrons. The van der Waals surface area contributed by atoms with Crippen molar-refractivity contribution in [2.24, 2.45) is 0 Å². The zero-order chi connectivity index (χ0) is 14.7. The topological polar surface area (TPSA) is 69.8 Å². The Morgan fingerprint density at radius 3 is 2.81 bits per heavy atom. The average Bonchev–Trinajstić information content (AvgIpc) is 2.94. The number of nitrogens with one attached hydrogen (secondary N) is 3. The van der Waals surface area contributed by atoms with Crippen molar-refractivity contribution in [3.05, 3.63) is 59.8 Å². The molecule has 5 heteroatoms. The van der Waals surface area contributed by atoms with Crippen molar-refractivity contribution < 1.29 is 4.79 Å². The first-order chi connectivity index (χ1) is 10.2. The van der Waals surface area contributed by atoms with Crippen molar-refractivity contribution in [3.63, 3.8) is 0 Å². The molecule has 0 aliphatic rings. The lowest BCUT2D eigenvalue weighted by Gasteiger charge is -2.08. The predicted molar refractivity (Wildman–Crippen MR) is 83.1 cm³/mol. The smallest absolute Gasteiger partial charge is 0.319 e. The van der Waals surface area contributed by atoms with Gasteiger partial charge in [0.15, 0.2) is 0 Å². The molecule has 2 aromatic carbocycles. The zero-order valence-corrected chi connectivity index (χ0v) is 11.7. The number of aryl methyl sites for hydroxylation is 1. The fraction of sp³-hybridized carbons (Fsp3) is 0.125. The Balaban J connectivity index is 1.59. The molecule has 3 rings (SSSR count). The summed E-state index contributed by atoms with van der Waals surface area (Å²) in [6, 6.07) is 13.5. The van der Waals surface area contributed by atoms with E-state index in [-0.39, 0.29) is 6.03 Å². The molecule has 0 saturated heterocycles. The molecule has 21 heavy (non-hydrogen) atoms. The molecular formula is C16H16N4O. The second kappa shape index (κ2) is 5.66. The van der Waals surface area contributed by atoms with Crippen molar-refractivity contribution in [2.45, 2.75) is 13.5 Å². The van der Waals surface area contributed by atoms with Gasteiger partial charge >= 0.3 is 6.03 Å². The van der Waals surface area contributed by atoms with Gasteiger partial charge in [-0.2, -0.15) is 5.10 Å². The maximum Gasteiger partial charge on any atom is 0.319 e. The van der Waals surface area contributed by atoms with Crippen LogP contribution in [-0.2, 0) is 6.54 Å². The first kappa shape index (κ1) is 13.2. The molecule has 5 nitrogen and oxygen atoms in total. The summed E-state index contributed by atoms with van der Waals surface area (Å²) >= 11 is 0. The van der Waals surface area contributed by atoms with Gasteiger partial charge in [0.1, 0.15) is 0 Å². The average molecular weight is 280 g/mol. The molecule has 0 atom stereocenters. The molecule has 0 spiro atoms.